The van der Waals surface area contributed by atoms with E-state index < -0.39 is 0 Å². The van der Waals surface area contributed by atoms with Crippen LogP contribution in [0.4, 0.5) is 5.82 Å². The Kier molecular flexibility index (Phi) is 3.46. The van der Waals surface area contributed by atoms with E-state index in [2.05, 4.69) is 37.4 Å². The Morgan fingerprint density at radius 2 is 2.05 bits per heavy atom. The minimum absolute atomic E-state index is 0.671. The number of nitrogens with one attached hydrogen (secondary N) is 1. The monoisotopic (exact) mass is 334 g/mol. The lowest BCUT2D eigenvalue weighted by molar-refractivity contribution is 0.989. The number of fused-ring (bicyclic) bond motifs is 1. The zero-order chi connectivity index (χ0) is 13.2. The number of nitrogen functional groups attached to an aromatic ring is 1. The van der Waals surface area contributed by atoms with E-state index in [9.17, 15) is 0 Å². The predicted molar refractivity (Wildman–Crippen MR) is 82.2 cm³/mol. The Bertz CT molecular complexity index is 725. The molecule has 0 unspecified atom stereocenters. The largest absolute Gasteiger partial charge is 0.308 e. The second-order valence-corrected chi connectivity index (χ2v) is 5.79. The van der Waals surface area contributed by atoms with E-state index in [-0.39, 0.29) is 0 Å². The molecule has 3 N–H and O–H groups in total. The van der Waals surface area contributed by atoms with Crippen molar-refractivity contribution in [2.45, 2.75) is 6.42 Å². The fraction of sp³-hybridized carbons (Fsp3) is 0.0769. The quantitative estimate of drug-likeness (QED) is 0.569. The molecule has 0 fully saturated rings. The minimum atomic E-state index is 0.671. The Morgan fingerprint density at radius 1 is 1.21 bits per heavy atom. The van der Waals surface area contributed by atoms with Gasteiger partial charge in [0.1, 0.15) is 10.7 Å². The third-order valence-corrected chi connectivity index (χ3v) is 4.39. The van der Waals surface area contributed by atoms with Crippen molar-refractivity contribution in [2.75, 3.05) is 5.43 Å². The van der Waals surface area contributed by atoms with Gasteiger partial charge in [0.15, 0.2) is 5.82 Å². The van der Waals surface area contributed by atoms with Crippen LogP contribution in [0.25, 0.3) is 10.2 Å². The number of hydrogen-bond donors (Lipinski definition) is 2. The van der Waals surface area contributed by atoms with Gasteiger partial charge >= 0.3 is 0 Å². The summed E-state index contributed by atoms with van der Waals surface area (Å²) in [4.78, 5) is 9.99. The van der Waals surface area contributed by atoms with Crippen molar-refractivity contribution in [1.29, 1.82) is 0 Å². The maximum atomic E-state index is 5.52. The Morgan fingerprint density at radius 3 is 2.84 bits per heavy atom. The van der Waals surface area contributed by atoms with Crippen LogP contribution in [0.15, 0.2) is 40.2 Å². The van der Waals surface area contributed by atoms with Crippen molar-refractivity contribution in [3.8, 4) is 0 Å². The third kappa shape index (κ3) is 2.47. The molecule has 6 heteroatoms. The van der Waals surface area contributed by atoms with E-state index in [0.29, 0.717) is 12.2 Å². The number of hydrogen-bond acceptors (Lipinski definition) is 5. The van der Waals surface area contributed by atoms with Crippen LogP contribution in [-0.4, -0.2) is 9.97 Å². The summed E-state index contributed by atoms with van der Waals surface area (Å²) in [5.74, 6) is 6.96. The first-order valence-corrected chi connectivity index (χ1v) is 7.39. The summed E-state index contributed by atoms with van der Waals surface area (Å²) in [5.41, 5.74) is 3.79. The Hall–Kier alpha value is -1.50. The van der Waals surface area contributed by atoms with E-state index in [1.165, 1.54) is 0 Å². The average molecular weight is 335 g/mol. The Labute approximate surface area is 122 Å². The van der Waals surface area contributed by atoms with Gasteiger partial charge < -0.3 is 5.43 Å². The van der Waals surface area contributed by atoms with Crippen LogP contribution in [0.5, 0.6) is 0 Å². The first kappa shape index (κ1) is 12.5. The molecule has 0 bridgehead atoms. The summed E-state index contributed by atoms with van der Waals surface area (Å²) >= 11 is 5.13. The second-order valence-electron chi connectivity index (χ2n) is 4.04. The molecule has 1 aromatic carbocycles. The van der Waals surface area contributed by atoms with Crippen molar-refractivity contribution in [2.24, 2.45) is 5.84 Å². The molecule has 0 saturated heterocycles. The van der Waals surface area contributed by atoms with Crippen molar-refractivity contribution in [1.82, 2.24) is 9.97 Å². The van der Waals surface area contributed by atoms with Crippen LogP contribution >= 0.6 is 27.3 Å². The van der Waals surface area contributed by atoms with E-state index in [0.717, 1.165) is 26.1 Å². The fourth-order valence-electron chi connectivity index (χ4n) is 1.90. The minimum Gasteiger partial charge on any atom is -0.308 e. The average Bonchev–Trinajstić information content (AvgIpc) is 2.89. The molecule has 0 aliphatic heterocycles. The van der Waals surface area contributed by atoms with E-state index in [1.807, 2.05) is 29.6 Å². The molecule has 19 heavy (non-hydrogen) atoms. The zero-order valence-electron chi connectivity index (χ0n) is 9.93. The Balaban J connectivity index is 2.03. The molecule has 3 aromatic rings. The van der Waals surface area contributed by atoms with Gasteiger partial charge in [-0.2, -0.15) is 0 Å². The van der Waals surface area contributed by atoms with Crippen molar-refractivity contribution in [3.63, 3.8) is 0 Å². The number of thiophene rings is 1. The topological polar surface area (TPSA) is 63.8 Å². The van der Waals surface area contributed by atoms with Gasteiger partial charge in [0.2, 0.25) is 0 Å². The summed E-state index contributed by atoms with van der Waals surface area (Å²) < 4.78 is 1.06. The highest BCUT2D eigenvalue weighted by Crippen LogP contribution is 2.26. The van der Waals surface area contributed by atoms with Crippen molar-refractivity contribution >= 4 is 43.3 Å². The maximum absolute atomic E-state index is 5.52. The number of benzene rings is 1. The predicted octanol–water partition coefficient (Wildman–Crippen LogP) is 3.33. The molecule has 3 rings (SSSR count). The molecule has 0 spiro atoms. The van der Waals surface area contributed by atoms with Gasteiger partial charge in [-0.05, 0) is 23.1 Å². The van der Waals surface area contributed by atoms with Gasteiger partial charge in [0.05, 0.1) is 5.39 Å². The molecule has 2 aromatic heterocycles. The van der Waals surface area contributed by atoms with Crippen LogP contribution in [0.1, 0.15) is 11.4 Å². The van der Waals surface area contributed by atoms with E-state index in [1.54, 1.807) is 11.3 Å². The van der Waals surface area contributed by atoms with Gasteiger partial charge in [-0.3, -0.25) is 0 Å². The van der Waals surface area contributed by atoms with Gasteiger partial charge in [-0.1, -0.05) is 34.1 Å². The molecule has 0 radical (unpaired) electrons. The van der Waals surface area contributed by atoms with E-state index >= 15 is 0 Å². The highest BCUT2D eigenvalue weighted by molar-refractivity contribution is 9.10. The SMILES string of the molecule is NNc1nc(Cc2ccccc2Br)nc2sccc12. The maximum Gasteiger partial charge on any atom is 0.152 e. The highest BCUT2D eigenvalue weighted by Gasteiger charge is 2.09. The number of halogens is 1. The van der Waals surface area contributed by atoms with Crippen LogP contribution in [0.2, 0.25) is 0 Å². The van der Waals surface area contributed by atoms with Gasteiger partial charge in [-0.15, -0.1) is 11.3 Å². The van der Waals surface area contributed by atoms with Crippen LogP contribution in [0.3, 0.4) is 0 Å². The number of rotatable bonds is 3. The molecule has 0 atom stereocenters. The second kappa shape index (κ2) is 5.24. The third-order valence-electron chi connectivity index (χ3n) is 2.81. The normalized spacial score (nSPS) is 10.8. The lowest BCUT2D eigenvalue weighted by atomic mass is 10.1. The first-order chi connectivity index (χ1) is 9.28. The number of nitrogens with zero attached hydrogens (tertiary/aromatic N) is 2. The van der Waals surface area contributed by atoms with Crippen LogP contribution < -0.4 is 11.3 Å². The van der Waals surface area contributed by atoms with Gasteiger partial charge in [0.25, 0.3) is 0 Å². The molecule has 0 aliphatic rings. The number of hydrazine groups is 1. The number of aromatic nitrogens is 2. The lowest BCUT2D eigenvalue weighted by Crippen LogP contribution is -2.11. The first-order valence-electron chi connectivity index (χ1n) is 5.72. The standard InChI is InChI=1S/C13H11BrN4S/c14-10-4-2-1-3-8(10)7-11-16-12(18-15)9-5-6-19-13(9)17-11/h1-6H,7,15H2,(H,16,17,18). The van der Waals surface area contributed by atoms with Crippen LogP contribution in [0, 0.1) is 0 Å². The van der Waals surface area contributed by atoms with Gasteiger partial charge in [-0.25, -0.2) is 15.8 Å². The smallest absolute Gasteiger partial charge is 0.152 e. The van der Waals surface area contributed by atoms with Gasteiger partial charge in [0, 0.05) is 10.9 Å². The highest BCUT2D eigenvalue weighted by atomic mass is 79.9. The summed E-state index contributed by atoms with van der Waals surface area (Å²) in [5, 5.41) is 2.95. The zero-order valence-corrected chi connectivity index (χ0v) is 12.3. The molecular formula is C13H11BrN4S. The van der Waals surface area contributed by atoms with Crippen molar-refractivity contribution < 1.29 is 0 Å². The molecule has 2 heterocycles. The van der Waals surface area contributed by atoms with E-state index in [4.69, 9.17) is 5.84 Å². The molecular weight excluding hydrogens is 324 g/mol. The number of anilines is 1. The number of nitrogens with two attached hydrogens (primary N) is 1. The summed E-state index contributed by atoms with van der Waals surface area (Å²) in [6.45, 7) is 0. The fourth-order valence-corrected chi connectivity index (χ4v) is 3.11. The molecule has 0 amide bonds. The summed E-state index contributed by atoms with van der Waals surface area (Å²) in [6, 6.07) is 10.0. The van der Waals surface area contributed by atoms with Crippen LogP contribution in [-0.2, 0) is 6.42 Å². The summed E-state index contributed by atoms with van der Waals surface area (Å²) in [6.07, 6.45) is 0.671. The molecule has 0 saturated carbocycles. The molecule has 4 nitrogen and oxygen atoms in total. The summed E-state index contributed by atoms with van der Waals surface area (Å²) in [7, 11) is 0. The molecule has 0 aliphatic carbocycles. The molecule has 96 valence electrons. The van der Waals surface area contributed by atoms with Crippen molar-refractivity contribution in [3.05, 3.63) is 51.6 Å². The lowest BCUT2D eigenvalue weighted by Gasteiger charge is -2.06.